The number of likely N-dealkylation sites (N-methyl/N-ethyl adjacent to an activating group) is 1. The van der Waals surface area contributed by atoms with Gasteiger partial charge >= 0.3 is 5.97 Å². The predicted molar refractivity (Wildman–Crippen MR) is 89.6 cm³/mol. The van der Waals surface area contributed by atoms with Crippen LogP contribution < -0.4 is 10.1 Å². The molecule has 1 amide bonds. The number of amides is 1. The van der Waals surface area contributed by atoms with Crippen LogP contribution >= 0.6 is 12.2 Å². The number of benzene rings is 1. The number of carbonyl (C=O) groups excluding carboxylic acids is 2. The second-order valence-corrected chi connectivity index (χ2v) is 5.28. The smallest absolute Gasteiger partial charge is 0.302 e. The van der Waals surface area contributed by atoms with Crippen LogP contribution in [-0.2, 0) is 20.9 Å². The zero-order valence-corrected chi connectivity index (χ0v) is 14.0. The summed E-state index contributed by atoms with van der Waals surface area (Å²) < 4.78 is 10.3. The Morgan fingerprint density at radius 3 is 2.74 bits per heavy atom. The lowest BCUT2D eigenvalue weighted by atomic mass is 10.1. The standard InChI is InChI=1S/C16H18N2O4S/c1-4-18-15(20)13(17-16(18)23)8-11-5-6-14(21-3)12(7-11)9-22-10(2)19/h5-8H,4,9H2,1-3H3,(H,17,23). The van der Waals surface area contributed by atoms with E-state index in [-0.39, 0.29) is 18.5 Å². The maximum Gasteiger partial charge on any atom is 0.302 e. The quantitative estimate of drug-likeness (QED) is 0.503. The highest BCUT2D eigenvalue weighted by atomic mass is 32.1. The van der Waals surface area contributed by atoms with Crippen molar-refractivity contribution in [3.63, 3.8) is 0 Å². The van der Waals surface area contributed by atoms with Crippen LogP contribution in [0.4, 0.5) is 0 Å². The zero-order chi connectivity index (χ0) is 17.0. The third-order valence-corrected chi connectivity index (χ3v) is 3.65. The molecule has 1 N–H and O–H groups in total. The molecule has 1 saturated heterocycles. The molecule has 0 aromatic heterocycles. The molecule has 0 bridgehead atoms. The number of ether oxygens (including phenoxy) is 2. The Balaban J connectivity index is 2.28. The van der Waals surface area contributed by atoms with Crippen molar-refractivity contribution in [2.24, 2.45) is 0 Å². The van der Waals surface area contributed by atoms with Crippen molar-refractivity contribution in [2.75, 3.05) is 13.7 Å². The minimum atomic E-state index is -0.368. The molecule has 1 aromatic carbocycles. The molecule has 23 heavy (non-hydrogen) atoms. The largest absolute Gasteiger partial charge is 0.496 e. The van der Waals surface area contributed by atoms with Gasteiger partial charge in [-0.1, -0.05) is 6.07 Å². The molecule has 1 fully saturated rings. The molecule has 1 aliphatic heterocycles. The van der Waals surface area contributed by atoms with Gasteiger partial charge in [0.25, 0.3) is 5.91 Å². The number of methoxy groups -OCH3 is 1. The predicted octanol–water partition coefficient (Wildman–Crippen LogP) is 1.84. The Labute approximate surface area is 140 Å². The number of rotatable bonds is 5. The minimum absolute atomic E-state index is 0.108. The molecule has 2 rings (SSSR count). The van der Waals surface area contributed by atoms with E-state index in [0.717, 1.165) is 11.1 Å². The van der Waals surface area contributed by atoms with Crippen molar-refractivity contribution < 1.29 is 19.1 Å². The summed E-state index contributed by atoms with van der Waals surface area (Å²) in [6.45, 7) is 3.83. The molecule has 0 unspecified atom stereocenters. The molecular formula is C16H18N2O4S. The van der Waals surface area contributed by atoms with Crippen LogP contribution in [-0.4, -0.2) is 35.5 Å². The topological polar surface area (TPSA) is 67.9 Å². The Morgan fingerprint density at radius 1 is 1.43 bits per heavy atom. The van der Waals surface area contributed by atoms with Crippen LogP contribution in [0.2, 0.25) is 0 Å². The van der Waals surface area contributed by atoms with Gasteiger partial charge in [0.15, 0.2) is 5.11 Å². The molecule has 6 nitrogen and oxygen atoms in total. The van der Waals surface area contributed by atoms with Gasteiger partial charge in [0, 0.05) is 19.0 Å². The van der Waals surface area contributed by atoms with Gasteiger partial charge in [-0.2, -0.15) is 0 Å². The number of hydrogen-bond acceptors (Lipinski definition) is 5. The Hall–Kier alpha value is -2.41. The molecule has 1 heterocycles. The Kier molecular flexibility index (Phi) is 5.33. The van der Waals surface area contributed by atoms with Gasteiger partial charge in [0.2, 0.25) is 0 Å². The van der Waals surface area contributed by atoms with Crippen LogP contribution in [0.25, 0.3) is 6.08 Å². The lowest BCUT2D eigenvalue weighted by Gasteiger charge is -2.10. The van der Waals surface area contributed by atoms with Crippen molar-refractivity contribution in [3.05, 3.63) is 35.0 Å². The fourth-order valence-corrected chi connectivity index (χ4v) is 2.53. The molecular weight excluding hydrogens is 316 g/mol. The van der Waals surface area contributed by atoms with Crippen molar-refractivity contribution in [3.8, 4) is 5.75 Å². The van der Waals surface area contributed by atoms with E-state index in [1.54, 1.807) is 25.3 Å². The highest BCUT2D eigenvalue weighted by Crippen LogP contribution is 2.23. The number of carbonyl (C=O) groups is 2. The first-order chi connectivity index (χ1) is 11.0. The number of nitrogens with zero attached hydrogens (tertiary/aromatic N) is 1. The SMILES string of the molecule is CCN1C(=O)C(=Cc2ccc(OC)c(COC(C)=O)c2)NC1=S. The zero-order valence-electron chi connectivity index (χ0n) is 13.2. The van der Waals surface area contributed by atoms with E-state index >= 15 is 0 Å². The first-order valence-corrected chi connectivity index (χ1v) is 7.52. The fourth-order valence-electron chi connectivity index (χ4n) is 2.21. The summed E-state index contributed by atoms with van der Waals surface area (Å²) in [4.78, 5) is 24.7. The number of esters is 1. The fraction of sp³-hybridized carbons (Fsp3) is 0.312. The van der Waals surface area contributed by atoms with Gasteiger partial charge in [-0.25, -0.2) is 0 Å². The van der Waals surface area contributed by atoms with Gasteiger partial charge < -0.3 is 14.8 Å². The maximum absolute atomic E-state index is 12.2. The summed E-state index contributed by atoms with van der Waals surface area (Å²) >= 11 is 5.12. The minimum Gasteiger partial charge on any atom is -0.496 e. The third kappa shape index (κ3) is 3.87. The van der Waals surface area contributed by atoms with Gasteiger partial charge in [-0.05, 0) is 42.9 Å². The van der Waals surface area contributed by atoms with E-state index in [2.05, 4.69) is 5.32 Å². The Morgan fingerprint density at radius 2 is 2.17 bits per heavy atom. The summed E-state index contributed by atoms with van der Waals surface area (Å²) in [5, 5.41) is 3.30. The summed E-state index contributed by atoms with van der Waals surface area (Å²) in [5.74, 6) is 0.0899. The average Bonchev–Trinajstić information content (AvgIpc) is 2.79. The lowest BCUT2D eigenvalue weighted by Crippen LogP contribution is -2.30. The van der Waals surface area contributed by atoms with Crippen molar-refractivity contribution in [1.29, 1.82) is 0 Å². The van der Waals surface area contributed by atoms with E-state index in [1.165, 1.54) is 11.8 Å². The molecule has 0 radical (unpaired) electrons. The normalized spacial score (nSPS) is 15.8. The second kappa shape index (κ2) is 7.23. The van der Waals surface area contributed by atoms with Crippen molar-refractivity contribution in [1.82, 2.24) is 10.2 Å². The number of hydrogen-bond donors (Lipinski definition) is 1. The van der Waals surface area contributed by atoms with Crippen LogP contribution in [0.5, 0.6) is 5.75 Å². The second-order valence-electron chi connectivity index (χ2n) is 4.89. The van der Waals surface area contributed by atoms with Gasteiger partial charge in [-0.3, -0.25) is 14.5 Å². The lowest BCUT2D eigenvalue weighted by molar-refractivity contribution is -0.142. The van der Waals surface area contributed by atoms with E-state index in [1.807, 2.05) is 13.0 Å². The molecule has 0 spiro atoms. The molecule has 0 saturated carbocycles. The number of thiocarbonyl (C=S) groups is 1. The van der Waals surface area contributed by atoms with E-state index in [0.29, 0.717) is 23.1 Å². The first kappa shape index (κ1) is 17.0. The van der Waals surface area contributed by atoms with Crippen LogP contribution in [0.15, 0.2) is 23.9 Å². The van der Waals surface area contributed by atoms with Crippen molar-refractivity contribution in [2.45, 2.75) is 20.5 Å². The highest BCUT2D eigenvalue weighted by molar-refractivity contribution is 7.80. The summed E-state index contributed by atoms with van der Waals surface area (Å²) in [7, 11) is 1.55. The Bertz CT molecular complexity index is 685. The van der Waals surface area contributed by atoms with Gasteiger partial charge in [-0.15, -0.1) is 0 Å². The average molecular weight is 334 g/mol. The molecule has 122 valence electrons. The number of nitrogens with one attached hydrogen (secondary N) is 1. The molecule has 0 atom stereocenters. The molecule has 1 aromatic rings. The van der Waals surface area contributed by atoms with E-state index < -0.39 is 0 Å². The first-order valence-electron chi connectivity index (χ1n) is 7.11. The molecule has 7 heteroatoms. The summed E-state index contributed by atoms with van der Waals surface area (Å²) in [6, 6.07) is 5.39. The van der Waals surface area contributed by atoms with Gasteiger partial charge in [0.05, 0.1) is 7.11 Å². The summed E-state index contributed by atoms with van der Waals surface area (Å²) in [5.41, 5.74) is 1.92. The van der Waals surface area contributed by atoms with Crippen LogP contribution in [0.3, 0.4) is 0 Å². The maximum atomic E-state index is 12.2. The van der Waals surface area contributed by atoms with Crippen LogP contribution in [0, 0.1) is 0 Å². The third-order valence-electron chi connectivity index (χ3n) is 3.32. The van der Waals surface area contributed by atoms with E-state index in [9.17, 15) is 9.59 Å². The van der Waals surface area contributed by atoms with Gasteiger partial charge in [0.1, 0.15) is 18.1 Å². The van der Waals surface area contributed by atoms with Crippen LogP contribution in [0.1, 0.15) is 25.0 Å². The molecule has 0 aliphatic carbocycles. The monoisotopic (exact) mass is 334 g/mol. The molecule has 1 aliphatic rings. The van der Waals surface area contributed by atoms with Crippen molar-refractivity contribution >= 4 is 35.3 Å². The summed E-state index contributed by atoms with van der Waals surface area (Å²) in [6.07, 6.45) is 1.71. The highest BCUT2D eigenvalue weighted by Gasteiger charge is 2.28. The van der Waals surface area contributed by atoms with E-state index in [4.69, 9.17) is 21.7 Å².